The van der Waals surface area contributed by atoms with Crippen molar-refractivity contribution in [3.05, 3.63) is 53.6 Å². The summed E-state index contributed by atoms with van der Waals surface area (Å²) in [5, 5.41) is 2.89. The molecule has 34 heavy (non-hydrogen) atoms. The molecule has 0 aromatic heterocycles. The van der Waals surface area contributed by atoms with Crippen molar-refractivity contribution < 1.29 is 22.7 Å². The number of carbonyl (C=O) groups is 1. The van der Waals surface area contributed by atoms with Crippen LogP contribution in [0.15, 0.2) is 42.5 Å². The zero-order chi connectivity index (χ0) is 24.7. The molecule has 0 spiro atoms. The maximum absolute atomic E-state index is 13.0. The van der Waals surface area contributed by atoms with Crippen LogP contribution in [-0.2, 0) is 27.9 Å². The first-order chi connectivity index (χ1) is 16.2. The van der Waals surface area contributed by atoms with Gasteiger partial charge in [-0.05, 0) is 56.1 Å². The normalized spacial score (nSPS) is 15.4. The fraction of sp³-hybridized carbons (Fsp3) is 0.480. The Balaban J connectivity index is 1.73. The molecule has 186 valence electrons. The highest BCUT2D eigenvalue weighted by Gasteiger charge is 2.31. The van der Waals surface area contributed by atoms with E-state index in [1.54, 1.807) is 25.1 Å². The van der Waals surface area contributed by atoms with E-state index in [4.69, 9.17) is 9.47 Å². The Bertz CT molecular complexity index is 1080. The van der Waals surface area contributed by atoms with Crippen molar-refractivity contribution in [2.75, 3.05) is 37.9 Å². The number of hydrogen-bond donors (Lipinski definition) is 1. The van der Waals surface area contributed by atoms with Gasteiger partial charge < -0.3 is 14.8 Å². The molecule has 1 saturated heterocycles. The van der Waals surface area contributed by atoms with Gasteiger partial charge in [0.05, 0.1) is 26.2 Å². The molecule has 8 nitrogen and oxygen atoms in total. The molecule has 2 aromatic rings. The number of likely N-dealkylation sites (tertiary alicyclic amines) is 1. The summed E-state index contributed by atoms with van der Waals surface area (Å²) in [6.45, 7) is 5.00. The van der Waals surface area contributed by atoms with E-state index in [-0.39, 0.29) is 5.69 Å². The van der Waals surface area contributed by atoms with Crippen LogP contribution in [-0.4, -0.2) is 58.8 Å². The number of carbonyl (C=O) groups excluding carboxylic acids is 1. The summed E-state index contributed by atoms with van der Waals surface area (Å²) < 4.78 is 37.1. The zero-order valence-electron chi connectivity index (χ0n) is 20.4. The summed E-state index contributed by atoms with van der Waals surface area (Å²) >= 11 is 0. The van der Waals surface area contributed by atoms with Crippen LogP contribution in [0.3, 0.4) is 0 Å². The molecule has 0 aliphatic carbocycles. The second-order valence-corrected chi connectivity index (χ2v) is 10.5. The summed E-state index contributed by atoms with van der Waals surface area (Å²) in [6, 6.07) is 12.0. The van der Waals surface area contributed by atoms with Gasteiger partial charge in [-0.15, -0.1) is 0 Å². The molecule has 0 bridgehead atoms. The van der Waals surface area contributed by atoms with Crippen LogP contribution < -0.4 is 19.1 Å². The predicted octanol–water partition coefficient (Wildman–Crippen LogP) is 3.16. The Morgan fingerprint density at radius 2 is 1.76 bits per heavy atom. The summed E-state index contributed by atoms with van der Waals surface area (Å²) in [6.07, 6.45) is 4.84. The molecule has 0 saturated carbocycles. The van der Waals surface area contributed by atoms with Crippen LogP contribution in [0.1, 0.15) is 37.3 Å². The Hall–Kier alpha value is -2.78. The number of sulfonamides is 1. The van der Waals surface area contributed by atoms with E-state index >= 15 is 0 Å². The summed E-state index contributed by atoms with van der Waals surface area (Å²) in [5.74, 6) is 0.385. The number of amides is 1. The van der Waals surface area contributed by atoms with Crippen molar-refractivity contribution in [3.63, 3.8) is 0 Å². The SMILES string of the molecule is COc1ccc(OC)c(N([C@H](C)C(=O)NCc2cccc(CN3CCCCC3)c2)S(C)(=O)=O)c1. The molecule has 1 heterocycles. The molecule has 0 unspecified atom stereocenters. The summed E-state index contributed by atoms with van der Waals surface area (Å²) in [4.78, 5) is 15.5. The van der Waals surface area contributed by atoms with Gasteiger partial charge in [0.15, 0.2) is 0 Å². The number of piperidine rings is 1. The van der Waals surface area contributed by atoms with E-state index in [0.717, 1.165) is 35.8 Å². The number of methoxy groups -OCH3 is 2. The highest BCUT2D eigenvalue weighted by molar-refractivity contribution is 7.92. The Morgan fingerprint density at radius 3 is 2.41 bits per heavy atom. The zero-order valence-corrected chi connectivity index (χ0v) is 21.2. The lowest BCUT2D eigenvalue weighted by molar-refractivity contribution is -0.122. The molecule has 1 N–H and O–H groups in total. The molecule has 0 radical (unpaired) electrons. The minimum Gasteiger partial charge on any atom is -0.497 e. The first-order valence-corrected chi connectivity index (χ1v) is 13.4. The topological polar surface area (TPSA) is 88.2 Å². The molecule has 9 heteroatoms. The van der Waals surface area contributed by atoms with Crippen LogP contribution in [0.5, 0.6) is 11.5 Å². The van der Waals surface area contributed by atoms with E-state index in [2.05, 4.69) is 22.3 Å². The molecule has 2 aromatic carbocycles. The second kappa shape index (κ2) is 11.6. The van der Waals surface area contributed by atoms with E-state index in [0.29, 0.717) is 18.0 Å². The van der Waals surface area contributed by atoms with Crippen LogP contribution >= 0.6 is 0 Å². The van der Waals surface area contributed by atoms with Gasteiger partial charge >= 0.3 is 0 Å². The highest BCUT2D eigenvalue weighted by atomic mass is 32.2. The van der Waals surface area contributed by atoms with Gasteiger partial charge in [-0.3, -0.25) is 14.0 Å². The lowest BCUT2D eigenvalue weighted by atomic mass is 10.1. The van der Waals surface area contributed by atoms with Crippen molar-refractivity contribution in [1.29, 1.82) is 0 Å². The van der Waals surface area contributed by atoms with Crippen molar-refractivity contribution in [2.45, 2.75) is 45.3 Å². The molecular formula is C25H35N3O5S. The van der Waals surface area contributed by atoms with Crippen LogP contribution in [0.25, 0.3) is 0 Å². The van der Waals surface area contributed by atoms with E-state index in [1.807, 2.05) is 12.1 Å². The predicted molar refractivity (Wildman–Crippen MR) is 134 cm³/mol. The first kappa shape index (κ1) is 25.8. The molecular weight excluding hydrogens is 454 g/mol. The third-order valence-electron chi connectivity index (χ3n) is 6.02. The van der Waals surface area contributed by atoms with Gasteiger partial charge in [0.1, 0.15) is 17.5 Å². The van der Waals surface area contributed by atoms with Crippen LogP contribution in [0, 0.1) is 0 Å². The van der Waals surface area contributed by atoms with Crippen LogP contribution in [0.2, 0.25) is 0 Å². The average molecular weight is 490 g/mol. The Morgan fingerprint density at radius 1 is 1.06 bits per heavy atom. The van der Waals surface area contributed by atoms with Gasteiger partial charge in [0.2, 0.25) is 15.9 Å². The van der Waals surface area contributed by atoms with Gasteiger partial charge in [-0.1, -0.05) is 30.7 Å². The van der Waals surface area contributed by atoms with Gasteiger partial charge in [0.25, 0.3) is 0 Å². The number of nitrogens with one attached hydrogen (secondary N) is 1. The number of nitrogens with zero attached hydrogens (tertiary/aromatic N) is 2. The third-order valence-corrected chi connectivity index (χ3v) is 7.25. The minimum atomic E-state index is -3.79. The fourth-order valence-electron chi connectivity index (χ4n) is 4.30. The van der Waals surface area contributed by atoms with Crippen molar-refractivity contribution in [3.8, 4) is 11.5 Å². The Labute approximate surface area is 202 Å². The van der Waals surface area contributed by atoms with Crippen molar-refractivity contribution >= 4 is 21.6 Å². The average Bonchev–Trinajstić information content (AvgIpc) is 2.82. The monoisotopic (exact) mass is 489 g/mol. The smallest absolute Gasteiger partial charge is 0.243 e. The maximum Gasteiger partial charge on any atom is 0.243 e. The van der Waals surface area contributed by atoms with Crippen molar-refractivity contribution in [2.24, 2.45) is 0 Å². The van der Waals surface area contributed by atoms with Crippen molar-refractivity contribution in [1.82, 2.24) is 10.2 Å². The quantitative estimate of drug-likeness (QED) is 0.552. The van der Waals surface area contributed by atoms with E-state index < -0.39 is 22.0 Å². The number of ether oxygens (including phenoxy) is 2. The summed E-state index contributed by atoms with van der Waals surface area (Å²) in [5.41, 5.74) is 2.43. The number of benzene rings is 2. The Kier molecular flexibility index (Phi) is 8.79. The fourth-order valence-corrected chi connectivity index (χ4v) is 5.47. The van der Waals surface area contributed by atoms with E-state index in [9.17, 15) is 13.2 Å². The molecule has 1 fully saturated rings. The molecule has 1 aliphatic heterocycles. The standard InChI is InChI=1S/C25H35N3O5S/c1-19(28(34(4,30)31)23-16-22(32-2)11-12-24(23)33-3)25(29)26-17-20-9-8-10-21(15-20)18-27-13-6-5-7-14-27/h8-12,15-16,19H,5-7,13-14,17-18H2,1-4H3,(H,26,29)/t19-/m1/s1. The molecule has 1 atom stereocenters. The largest absolute Gasteiger partial charge is 0.497 e. The summed E-state index contributed by atoms with van der Waals surface area (Å²) in [7, 11) is -0.851. The van der Waals surface area contributed by atoms with E-state index in [1.165, 1.54) is 39.0 Å². The minimum absolute atomic E-state index is 0.246. The lowest BCUT2D eigenvalue weighted by Crippen LogP contribution is -2.47. The number of rotatable bonds is 10. The molecule has 1 aliphatic rings. The lowest BCUT2D eigenvalue weighted by Gasteiger charge is -2.29. The third kappa shape index (κ3) is 6.64. The van der Waals surface area contributed by atoms with Gasteiger partial charge in [-0.2, -0.15) is 0 Å². The highest BCUT2D eigenvalue weighted by Crippen LogP contribution is 2.35. The number of hydrogen-bond acceptors (Lipinski definition) is 6. The molecule has 3 rings (SSSR count). The van der Waals surface area contributed by atoms with Gasteiger partial charge in [0, 0.05) is 19.2 Å². The van der Waals surface area contributed by atoms with Crippen LogP contribution in [0.4, 0.5) is 5.69 Å². The maximum atomic E-state index is 13.0. The number of anilines is 1. The first-order valence-electron chi connectivity index (χ1n) is 11.5. The second-order valence-electron chi connectivity index (χ2n) is 8.65. The molecule has 1 amide bonds. The van der Waals surface area contributed by atoms with Gasteiger partial charge in [-0.25, -0.2) is 8.42 Å².